The summed E-state index contributed by atoms with van der Waals surface area (Å²) in [6.45, 7) is -1.52. The monoisotopic (exact) mass is 359 g/mol. The standard InChI is InChI=1S/C17H14F5NO2/c1-10(11-6-8-12(9-7-11)17(20,21)22)23-15(24)13-4-2-3-5-14(13)25-16(18)19/h2-10,16H,1H3,(H,23,24). The molecule has 1 N–H and O–H groups in total. The summed E-state index contributed by atoms with van der Waals surface area (Å²) in [6, 6.07) is 9.14. The SMILES string of the molecule is CC(NC(=O)c1ccccc1OC(F)F)c1ccc(C(F)(F)F)cc1. The van der Waals surface area contributed by atoms with Crippen LogP contribution in [0.5, 0.6) is 5.75 Å². The molecule has 0 saturated heterocycles. The number of halogens is 5. The van der Waals surface area contributed by atoms with E-state index in [4.69, 9.17) is 0 Å². The molecule has 0 aliphatic rings. The molecule has 0 aliphatic carbocycles. The Morgan fingerprint density at radius 3 is 2.20 bits per heavy atom. The maximum Gasteiger partial charge on any atom is 0.416 e. The Hall–Kier alpha value is -2.64. The van der Waals surface area contributed by atoms with Crippen LogP contribution in [0, 0.1) is 0 Å². The zero-order chi connectivity index (χ0) is 18.6. The minimum atomic E-state index is -4.45. The second kappa shape index (κ2) is 7.50. The van der Waals surface area contributed by atoms with Crippen LogP contribution in [0.2, 0.25) is 0 Å². The Kier molecular flexibility index (Phi) is 5.61. The van der Waals surface area contributed by atoms with Gasteiger partial charge in [-0.3, -0.25) is 4.79 Å². The molecule has 0 bridgehead atoms. The molecule has 0 aliphatic heterocycles. The first-order valence-corrected chi connectivity index (χ1v) is 7.20. The average molecular weight is 359 g/mol. The van der Waals surface area contributed by atoms with E-state index in [9.17, 15) is 26.7 Å². The van der Waals surface area contributed by atoms with Gasteiger partial charge in [-0.1, -0.05) is 24.3 Å². The first-order valence-electron chi connectivity index (χ1n) is 7.20. The van der Waals surface area contributed by atoms with Crippen molar-refractivity contribution >= 4 is 5.91 Å². The Morgan fingerprint density at radius 2 is 1.64 bits per heavy atom. The lowest BCUT2D eigenvalue weighted by Crippen LogP contribution is -2.27. The van der Waals surface area contributed by atoms with Crippen LogP contribution in [-0.4, -0.2) is 12.5 Å². The van der Waals surface area contributed by atoms with E-state index in [2.05, 4.69) is 10.1 Å². The molecule has 1 atom stereocenters. The summed E-state index contributed by atoms with van der Waals surface area (Å²) in [4.78, 5) is 12.2. The molecule has 1 amide bonds. The smallest absolute Gasteiger partial charge is 0.416 e. The van der Waals surface area contributed by atoms with Crippen molar-refractivity contribution in [2.24, 2.45) is 0 Å². The Labute approximate surface area is 140 Å². The van der Waals surface area contributed by atoms with Crippen LogP contribution in [0.1, 0.15) is 34.5 Å². The number of nitrogens with one attached hydrogen (secondary N) is 1. The first kappa shape index (κ1) is 18.7. The third-order valence-corrected chi connectivity index (χ3v) is 3.43. The van der Waals surface area contributed by atoms with Crippen LogP contribution in [-0.2, 0) is 6.18 Å². The largest absolute Gasteiger partial charge is 0.434 e. The van der Waals surface area contributed by atoms with Crippen LogP contribution in [0.15, 0.2) is 48.5 Å². The van der Waals surface area contributed by atoms with E-state index >= 15 is 0 Å². The van der Waals surface area contributed by atoms with E-state index in [0.717, 1.165) is 12.1 Å². The number of carbonyl (C=O) groups is 1. The highest BCUT2D eigenvalue weighted by atomic mass is 19.4. The summed E-state index contributed by atoms with van der Waals surface area (Å²) in [7, 11) is 0. The maximum atomic E-state index is 12.6. The minimum Gasteiger partial charge on any atom is -0.434 e. The van der Waals surface area contributed by atoms with Crippen LogP contribution < -0.4 is 10.1 Å². The Bertz CT molecular complexity index is 729. The van der Waals surface area contributed by atoms with Gasteiger partial charge in [0.1, 0.15) is 5.75 Å². The number of benzene rings is 2. The number of hydrogen-bond acceptors (Lipinski definition) is 2. The van der Waals surface area contributed by atoms with E-state index in [1.807, 2.05) is 0 Å². The molecule has 0 heterocycles. The number of para-hydroxylation sites is 1. The van der Waals surface area contributed by atoms with Crippen molar-refractivity contribution in [3.05, 3.63) is 65.2 Å². The number of carbonyl (C=O) groups excluding carboxylic acids is 1. The molecule has 0 saturated carbocycles. The first-order chi connectivity index (χ1) is 11.7. The second-order valence-corrected chi connectivity index (χ2v) is 5.19. The molecule has 0 spiro atoms. The fraction of sp³-hybridized carbons (Fsp3) is 0.235. The molecule has 2 aromatic rings. The van der Waals surface area contributed by atoms with E-state index in [-0.39, 0.29) is 11.3 Å². The molecule has 0 aromatic heterocycles. The van der Waals surface area contributed by atoms with Gasteiger partial charge in [-0.25, -0.2) is 0 Å². The van der Waals surface area contributed by atoms with E-state index in [1.165, 1.54) is 36.4 Å². The quantitative estimate of drug-likeness (QED) is 0.779. The van der Waals surface area contributed by atoms with Gasteiger partial charge < -0.3 is 10.1 Å². The lowest BCUT2D eigenvalue weighted by atomic mass is 10.1. The van der Waals surface area contributed by atoms with Gasteiger partial charge in [0.2, 0.25) is 0 Å². The molecule has 0 radical (unpaired) electrons. The number of rotatable bonds is 5. The Balaban J connectivity index is 2.13. The van der Waals surface area contributed by atoms with Gasteiger partial charge in [0.25, 0.3) is 5.91 Å². The molecular weight excluding hydrogens is 345 g/mol. The van der Waals surface area contributed by atoms with Crippen molar-refractivity contribution in [1.29, 1.82) is 0 Å². The van der Waals surface area contributed by atoms with Crippen molar-refractivity contribution in [2.45, 2.75) is 25.8 Å². The van der Waals surface area contributed by atoms with Gasteiger partial charge in [0.15, 0.2) is 0 Å². The number of amides is 1. The van der Waals surface area contributed by atoms with Crippen molar-refractivity contribution in [3.8, 4) is 5.75 Å². The van der Waals surface area contributed by atoms with Gasteiger partial charge in [0.05, 0.1) is 17.2 Å². The number of ether oxygens (including phenoxy) is 1. The molecule has 25 heavy (non-hydrogen) atoms. The molecule has 3 nitrogen and oxygen atoms in total. The second-order valence-electron chi connectivity index (χ2n) is 5.19. The van der Waals surface area contributed by atoms with Crippen LogP contribution in [0.4, 0.5) is 22.0 Å². The molecule has 0 fully saturated rings. The summed E-state index contributed by atoms with van der Waals surface area (Å²) in [5.74, 6) is -0.960. The maximum absolute atomic E-state index is 12.6. The molecule has 2 rings (SSSR count). The fourth-order valence-electron chi connectivity index (χ4n) is 2.17. The van der Waals surface area contributed by atoms with Crippen molar-refractivity contribution in [1.82, 2.24) is 5.32 Å². The summed E-state index contributed by atoms with van der Waals surface area (Å²) in [6.07, 6.45) is -4.45. The predicted octanol–water partition coefficient (Wildman–Crippen LogP) is 4.80. The topological polar surface area (TPSA) is 38.3 Å². The molecule has 134 valence electrons. The third kappa shape index (κ3) is 4.91. The lowest BCUT2D eigenvalue weighted by Gasteiger charge is -2.17. The van der Waals surface area contributed by atoms with E-state index < -0.39 is 30.3 Å². The van der Waals surface area contributed by atoms with Crippen molar-refractivity contribution in [2.75, 3.05) is 0 Å². The van der Waals surface area contributed by atoms with E-state index in [1.54, 1.807) is 6.92 Å². The van der Waals surface area contributed by atoms with Crippen LogP contribution >= 0.6 is 0 Å². The molecule has 8 heteroatoms. The van der Waals surface area contributed by atoms with Crippen molar-refractivity contribution in [3.63, 3.8) is 0 Å². The number of hydrogen-bond donors (Lipinski definition) is 1. The minimum absolute atomic E-state index is 0.0958. The van der Waals surface area contributed by atoms with Crippen molar-refractivity contribution < 1.29 is 31.5 Å². The highest BCUT2D eigenvalue weighted by molar-refractivity contribution is 5.97. The highest BCUT2D eigenvalue weighted by Gasteiger charge is 2.30. The van der Waals surface area contributed by atoms with E-state index in [0.29, 0.717) is 5.56 Å². The highest BCUT2D eigenvalue weighted by Crippen LogP contribution is 2.30. The fourth-order valence-corrected chi connectivity index (χ4v) is 2.17. The summed E-state index contributed by atoms with van der Waals surface area (Å²) >= 11 is 0. The van der Waals surface area contributed by atoms with Gasteiger partial charge in [-0.05, 0) is 36.8 Å². The average Bonchev–Trinajstić information content (AvgIpc) is 2.54. The number of alkyl halides is 5. The van der Waals surface area contributed by atoms with Crippen LogP contribution in [0.3, 0.4) is 0 Å². The lowest BCUT2D eigenvalue weighted by molar-refractivity contribution is -0.137. The zero-order valence-electron chi connectivity index (χ0n) is 13.0. The van der Waals surface area contributed by atoms with Gasteiger partial charge in [-0.15, -0.1) is 0 Å². The van der Waals surface area contributed by atoms with Gasteiger partial charge in [-0.2, -0.15) is 22.0 Å². The zero-order valence-corrected chi connectivity index (χ0v) is 13.0. The molecule has 2 aromatic carbocycles. The summed E-state index contributed by atoms with van der Waals surface area (Å²) < 4.78 is 66.7. The normalized spacial score (nSPS) is 12.8. The Morgan fingerprint density at radius 1 is 1.04 bits per heavy atom. The van der Waals surface area contributed by atoms with Gasteiger partial charge >= 0.3 is 12.8 Å². The van der Waals surface area contributed by atoms with Crippen LogP contribution in [0.25, 0.3) is 0 Å². The summed E-state index contributed by atoms with van der Waals surface area (Å²) in [5.41, 5.74) is -0.458. The molecule has 1 unspecified atom stereocenters. The van der Waals surface area contributed by atoms with Gasteiger partial charge in [0, 0.05) is 0 Å². The summed E-state index contributed by atoms with van der Waals surface area (Å²) in [5, 5.41) is 2.54. The third-order valence-electron chi connectivity index (χ3n) is 3.43. The predicted molar refractivity (Wildman–Crippen MR) is 80.4 cm³/mol. The molecular formula is C17H14F5NO2.